The summed E-state index contributed by atoms with van der Waals surface area (Å²) in [6.45, 7) is 0.231. The maximum Gasteiger partial charge on any atom is 0.456 e. The van der Waals surface area contributed by atoms with Crippen molar-refractivity contribution in [2.45, 2.75) is 12.6 Å². The zero-order chi connectivity index (χ0) is 14.2. The van der Waals surface area contributed by atoms with Crippen LogP contribution in [0.4, 0.5) is 13.2 Å². The van der Waals surface area contributed by atoms with Crippen molar-refractivity contribution in [2.75, 3.05) is 6.54 Å². The third-order valence-corrected chi connectivity index (χ3v) is 3.01. The predicted molar refractivity (Wildman–Crippen MR) is 66.0 cm³/mol. The quantitative estimate of drug-likeness (QED) is 0.876. The molecule has 0 aromatic carbocycles. The third-order valence-electron chi connectivity index (χ3n) is 2.52. The molecule has 0 bridgehead atoms. The number of hydrogen-bond acceptors (Lipinski definition) is 3. The first-order valence-electron chi connectivity index (χ1n) is 5.32. The highest BCUT2D eigenvalue weighted by Gasteiger charge is 2.42. The van der Waals surface area contributed by atoms with Crippen molar-refractivity contribution in [3.63, 3.8) is 0 Å². The molecule has 102 valence electrons. The van der Waals surface area contributed by atoms with E-state index in [1.165, 1.54) is 10.5 Å². The van der Waals surface area contributed by atoms with Crippen LogP contribution in [0.15, 0.2) is 22.8 Å². The third kappa shape index (κ3) is 2.64. The summed E-state index contributed by atoms with van der Waals surface area (Å²) in [7, 11) is 0. The normalized spacial score (nSPS) is 12.1. The van der Waals surface area contributed by atoms with E-state index in [9.17, 15) is 18.0 Å². The van der Waals surface area contributed by atoms with E-state index in [1.54, 1.807) is 12.3 Å². The van der Waals surface area contributed by atoms with Gasteiger partial charge in [0.2, 0.25) is 0 Å². The average molecular weight is 336 g/mol. The lowest BCUT2D eigenvalue weighted by Gasteiger charge is -2.03. The molecule has 0 spiro atoms. The average Bonchev–Trinajstić information content (AvgIpc) is 2.65. The summed E-state index contributed by atoms with van der Waals surface area (Å²) in [6, 6.07) is 3.07. The minimum Gasteiger partial charge on any atom is -0.330 e. The summed E-state index contributed by atoms with van der Waals surface area (Å²) in [4.78, 5) is 15.1. The molecular formula is C11H9BrF3N3O. The van der Waals surface area contributed by atoms with Gasteiger partial charge >= 0.3 is 6.18 Å². The molecule has 2 aromatic heterocycles. The van der Waals surface area contributed by atoms with Gasteiger partial charge in [0.15, 0.2) is 0 Å². The number of fused-ring (bicyclic) bond motifs is 1. The van der Waals surface area contributed by atoms with Crippen LogP contribution in [-0.4, -0.2) is 27.9 Å². The number of nitrogens with zero attached hydrogens (tertiary/aromatic N) is 2. The molecule has 2 aromatic rings. The maximum atomic E-state index is 12.5. The van der Waals surface area contributed by atoms with Gasteiger partial charge in [-0.3, -0.25) is 4.79 Å². The van der Waals surface area contributed by atoms with Crippen LogP contribution < -0.4 is 5.73 Å². The molecule has 2 rings (SSSR count). The Balaban J connectivity index is 2.67. The van der Waals surface area contributed by atoms with Crippen LogP contribution in [0.1, 0.15) is 16.3 Å². The van der Waals surface area contributed by atoms with E-state index in [0.717, 1.165) is 0 Å². The van der Waals surface area contributed by atoms with Gasteiger partial charge in [0, 0.05) is 17.1 Å². The second-order valence-corrected chi connectivity index (χ2v) is 4.76. The van der Waals surface area contributed by atoms with Crippen molar-refractivity contribution in [3.8, 4) is 0 Å². The van der Waals surface area contributed by atoms with Crippen molar-refractivity contribution in [2.24, 2.45) is 5.73 Å². The SMILES string of the molecule is NCCc1nc(C(=O)C(F)(F)F)c2cc(Br)ccn12. The van der Waals surface area contributed by atoms with E-state index < -0.39 is 17.7 Å². The Morgan fingerprint density at radius 3 is 2.74 bits per heavy atom. The zero-order valence-corrected chi connectivity index (χ0v) is 11.1. The van der Waals surface area contributed by atoms with Crippen molar-refractivity contribution in [3.05, 3.63) is 34.3 Å². The number of carbonyl (C=O) groups excluding carboxylic acids is 1. The van der Waals surface area contributed by atoms with Crippen molar-refractivity contribution < 1.29 is 18.0 Å². The molecule has 0 saturated heterocycles. The molecule has 0 aliphatic rings. The van der Waals surface area contributed by atoms with Crippen LogP contribution in [0.25, 0.3) is 5.52 Å². The fourth-order valence-electron chi connectivity index (χ4n) is 1.73. The highest BCUT2D eigenvalue weighted by Crippen LogP contribution is 2.26. The summed E-state index contributed by atoms with van der Waals surface area (Å²) in [6.07, 6.45) is -3.12. The fourth-order valence-corrected chi connectivity index (χ4v) is 2.06. The van der Waals surface area contributed by atoms with Crippen LogP contribution in [0.5, 0.6) is 0 Å². The lowest BCUT2D eigenvalue weighted by atomic mass is 10.2. The molecular weight excluding hydrogens is 327 g/mol. The standard InChI is InChI=1S/C11H9BrF3N3O/c12-6-2-4-18-7(5-6)9(10(19)11(13,14)15)17-8(18)1-3-16/h2,4-5H,1,3,16H2. The molecule has 0 fully saturated rings. The van der Waals surface area contributed by atoms with E-state index in [0.29, 0.717) is 10.3 Å². The van der Waals surface area contributed by atoms with Gasteiger partial charge in [0.25, 0.3) is 5.78 Å². The number of hydrogen-bond donors (Lipinski definition) is 1. The largest absolute Gasteiger partial charge is 0.456 e. The van der Waals surface area contributed by atoms with Crippen molar-refractivity contribution in [1.82, 2.24) is 9.38 Å². The zero-order valence-electron chi connectivity index (χ0n) is 9.54. The van der Waals surface area contributed by atoms with E-state index in [2.05, 4.69) is 20.9 Å². The van der Waals surface area contributed by atoms with Crippen LogP contribution >= 0.6 is 15.9 Å². The molecule has 0 aliphatic heterocycles. The predicted octanol–water partition coefficient (Wildman–Crippen LogP) is 2.34. The van der Waals surface area contributed by atoms with Crippen LogP contribution in [-0.2, 0) is 6.42 Å². The number of pyridine rings is 1. The number of alkyl halides is 3. The first-order chi connectivity index (χ1) is 8.84. The summed E-state index contributed by atoms with van der Waals surface area (Å²) in [5.41, 5.74) is 4.89. The highest BCUT2D eigenvalue weighted by molar-refractivity contribution is 9.10. The highest BCUT2D eigenvalue weighted by atomic mass is 79.9. The first-order valence-corrected chi connectivity index (χ1v) is 6.12. The molecule has 0 unspecified atom stereocenters. The fraction of sp³-hybridized carbons (Fsp3) is 0.273. The number of rotatable bonds is 3. The lowest BCUT2D eigenvalue weighted by molar-refractivity contribution is -0.0887. The van der Waals surface area contributed by atoms with Gasteiger partial charge in [0.05, 0.1) is 5.52 Å². The van der Waals surface area contributed by atoms with Crippen LogP contribution in [0.2, 0.25) is 0 Å². The first kappa shape index (κ1) is 14.0. The second kappa shape index (κ2) is 4.93. The maximum absolute atomic E-state index is 12.5. The second-order valence-electron chi connectivity index (χ2n) is 3.84. The Bertz CT molecular complexity index is 636. The van der Waals surface area contributed by atoms with Gasteiger partial charge in [-0.25, -0.2) is 4.98 Å². The van der Waals surface area contributed by atoms with Gasteiger partial charge in [-0.2, -0.15) is 13.2 Å². The molecule has 8 heteroatoms. The molecule has 0 atom stereocenters. The molecule has 4 nitrogen and oxygen atoms in total. The van der Waals surface area contributed by atoms with Gasteiger partial charge in [-0.1, -0.05) is 15.9 Å². The van der Waals surface area contributed by atoms with Gasteiger partial charge in [-0.05, 0) is 18.7 Å². The Labute approximate surface area is 114 Å². The minimum absolute atomic E-state index is 0.111. The molecule has 19 heavy (non-hydrogen) atoms. The van der Waals surface area contributed by atoms with Crippen LogP contribution in [0.3, 0.4) is 0 Å². The molecule has 0 saturated carbocycles. The van der Waals surface area contributed by atoms with E-state index in [4.69, 9.17) is 5.73 Å². The molecule has 0 radical (unpaired) electrons. The molecule has 2 heterocycles. The van der Waals surface area contributed by atoms with Crippen molar-refractivity contribution in [1.29, 1.82) is 0 Å². The number of ketones is 1. The number of halogens is 4. The molecule has 2 N–H and O–H groups in total. The summed E-state index contributed by atoms with van der Waals surface area (Å²) in [5, 5.41) is 0. The summed E-state index contributed by atoms with van der Waals surface area (Å²) >= 11 is 3.16. The monoisotopic (exact) mass is 335 g/mol. The lowest BCUT2D eigenvalue weighted by Crippen LogP contribution is -2.23. The van der Waals surface area contributed by atoms with Crippen molar-refractivity contribution >= 4 is 27.2 Å². The van der Waals surface area contributed by atoms with Gasteiger partial charge in [-0.15, -0.1) is 0 Å². The van der Waals surface area contributed by atoms with Crippen LogP contribution in [0, 0.1) is 0 Å². The smallest absolute Gasteiger partial charge is 0.330 e. The number of imidazole rings is 1. The number of aromatic nitrogens is 2. The van der Waals surface area contributed by atoms with E-state index in [1.807, 2.05) is 0 Å². The topological polar surface area (TPSA) is 60.4 Å². The van der Waals surface area contributed by atoms with Gasteiger partial charge < -0.3 is 10.1 Å². The Morgan fingerprint density at radius 1 is 1.47 bits per heavy atom. The number of carbonyl (C=O) groups is 1. The Kier molecular flexibility index (Phi) is 3.64. The number of Topliss-reactive ketones (excluding diaryl/α,β-unsaturated/α-hetero) is 1. The van der Waals surface area contributed by atoms with E-state index >= 15 is 0 Å². The molecule has 0 amide bonds. The minimum atomic E-state index is -4.95. The van der Waals surface area contributed by atoms with E-state index in [-0.39, 0.29) is 18.5 Å². The summed E-state index contributed by atoms with van der Waals surface area (Å²) < 4.78 is 39.6. The Hall–Kier alpha value is -1.41. The number of nitrogens with two attached hydrogens (primary N) is 1. The Morgan fingerprint density at radius 2 is 2.16 bits per heavy atom. The van der Waals surface area contributed by atoms with Gasteiger partial charge in [0.1, 0.15) is 11.5 Å². The molecule has 0 aliphatic carbocycles. The summed E-state index contributed by atoms with van der Waals surface area (Å²) in [5.74, 6) is -1.62.